The van der Waals surface area contributed by atoms with Crippen LogP contribution in [0.2, 0.25) is 10.0 Å². The number of pyridine rings is 1. The molecule has 0 saturated heterocycles. The van der Waals surface area contributed by atoms with Gasteiger partial charge in [-0.1, -0.05) is 60.1 Å². The number of benzene rings is 2. The second-order valence-corrected chi connectivity index (χ2v) is 8.44. The van der Waals surface area contributed by atoms with Gasteiger partial charge < -0.3 is 5.32 Å². The standard InChI is InChI=1S/C21H20Cl2N2OS/c1-4-18(21(26)24-17-9-8-14(22)11-16(17)23)27-19-10-13(3)15-7-5-6-12(2)20(15)25-19/h5-11,18H,4H2,1-3H3,(H,24,26). The minimum Gasteiger partial charge on any atom is -0.324 e. The molecule has 6 heteroatoms. The molecule has 27 heavy (non-hydrogen) atoms. The van der Waals surface area contributed by atoms with E-state index in [-0.39, 0.29) is 11.2 Å². The van der Waals surface area contributed by atoms with Gasteiger partial charge in [0.25, 0.3) is 0 Å². The van der Waals surface area contributed by atoms with Crippen molar-refractivity contribution in [1.29, 1.82) is 0 Å². The van der Waals surface area contributed by atoms with Crippen LogP contribution in [-0.2, 0) is 4.79 Å². The summed E-state index contributed by atoms with van der Waals surface area (Å²) >= 11 is 13.6. The van der Waals surface area contributed by atoms with Gasteiger partial charge in [0.15, 0.2) is 0 Å². The Morgan fingerprint density at radius 1 is 1.15 bits per heavy atom. The summed E-state index contributed by atoms with van der Waals surface area (Å²) in [6, 6.07) is 13.2. The molecule has 3 nitrogen and oxygen atoms in total. The number of carbonyl (C=O) groups is 1. The first-order valence-electron chi connectivity index (χ1n) is 8.68. The molecule has 140 valence electrons. The number of nitrogens with zero attached hydrogens (tertiary/aromatic N) is 1. The molecule has 1 N–H and O–H groups in total. The number of rotatable bonds is 5. The number of thioether (sulfide) groups is 1. The highest BCUT2D eigenvalue weighted by Crippen LogP contribution is 2.31. The van der Waals surface area contributed by atoms with Crippen molar-refractivity contribution in [2.45, 2.75) is 37.5 Å². The molecular formula is C21H20Cl2N2OS. The lowest BCUT2D eigenvalue weighted by Crippen LogP contribution is -2.24. The fraction of sp³-hybridized carbons (Fsp3) is 0.238. The first kappa shape index (κ1) is 20.0. The largest absolute Gasteiger partial charge is 0.324 e. The van der Waals surface area contributed by atoms with Crippen molar-refractivity contribution in [3.05, 3.63) is 63.6 Å². The fourth-order valence-corrected chi connectivity index (χ4v) is 4.33. The summed E-state index contributed by atoms with van der Waals surface area (Å²) in [4.78, 5) is 17.5. The van der Waals surface area contributed by atoms with Gasteiger partial charge in [-0.25, -0.2) is 4.98 Å². The Kier molecular flexibility index (Phi) is 6.30. The van der Waals surface area contributed by atoms with Crippen LogP contribution >= 0.6 is 35.0 Å². The molecule has 0 fully saturated rings. The molecule has 0 spiro atoms. The Balaban J connectivity index is 1.83. The number of halogens is 2. The smallest absolute Gasteiger partial charge is 0.237 e. The van der Waals surface area contributed by atoms with Crippen molar-refractivity contribution in [1.82, 2.24) is 4.98 Å². The van der Waals surface area contributed by atoms with Crippen molar-refractivity contribution in [3.63, 3.8) is 0 Å². The van der Waals surface area contributed by atoms with Crippen molar-refractivity contribution >= 4 is 57.5 Å². The summed E-state index contributed by atoms with van der Waals surface area (Å²) in [5.74, 6) is -0.101. The van der Waals surface area contributed by atoms with E-state index >= 15 is 0 Å². The van der Waals surface area contributed by atoms with Gasteiger partial charge in [0.05, 0.1) is 26.5 Å². The van der Waals surface area contributed by atoms with Crippen LogP contribution in [0.5, 0.6) is 0 Å². The van der Waals surface area contributed by atoms with Crippen LogP contribution in [0.4, 0.5) is 5.69 Å². The lowest BCUT2D eigenvalue weighted by molar-refractivity contribution is -0.115. The number of hydrogen-bond donors (Lipinski definition) is 1. The molecule has 0 radical (unpaired) electrons. The molecule has 0 aliphatic carbocycles. The molecule has 3 rings (SSSR count). The van der Waals surface area contributed by atoms with Crippen LogP contribution in [0, 0.1) is 13.8 Å². The van der Waals surface area contributed by atoms with Gasteiger partial charge in [0, 0.05) is 10.4 Å². The summed E-state index contributed by atoms with van der Waals surface area (Å²) in [5.41, 5.74) is 3.82. The van der Waals surface area contributed by atoms with E-state index in [1.165, 1.54) is 11.8 Å². The number of hydrogen-bond acceptors (Lipinski definition) is 3. The summed E-state index contributed by atoms with van der Waals surface area (Å²) in [6.45, 7) is 6.11. The Hall–Kier alpha value is -1.75. The van der Waals surface area contributed by atoms with E-state index in [0.29, 0.717) is 22.2 Å². The first-order chi connectivity index (χ1) is 12.9. The zero-order valence-corrected chi connectivity index (χ0v) is 17.7. The van der Waals surface area contributed by atoms with E-state index in [0.717, 1.165) is 27.1 Å². The highest BCUT2D eigenvalue weighted by molar-refractivity contribution is 8.00. The molecule has 1 atom stereocenters. The van der Waals surface area contributed by atoms with Crippen molar-refractivity contribution in [3.8, 4) is 0 Å². The third-order valence-electron chi connectivity index (χ3n) is 4.34. The van der Waals surface area contributed by atoms with Crippen molar-refractivity contribution in [2.75, 3.05) is 5.32 Å². The molecule has 0 saturated carbocycles. The van der Waals surface area contributed by atoms with Gasteiger partial charge in [-0.2, -0.15) is 0 Å². The van der Waals surface area contributed by atoms with Crippen LogP contribution in [0.15, 0.2) is 47.5 Å². The van der Waals surface area contributed by atoms with E-state index in [1.54, 1.807) is 18.2 Å². The second-order valence-electron chi connectivity index (χ2n) is 6.38. The molecule has 3 aromatic rings. The maximum Gasteiger partial charge on any atom is 0.237 e. The van der Waals surface area contributed by atoms with Gasteiger partial charge in [0.1, 0.15) is 0 Å². The third-order valence-corrected chi connectivity index (χ3v) is 6.17. The maximum absolute atomic E-state index is 12.7. The first-order valence-corrected chi connectivity index (χ1v) is 10.3. The highest BCUT2D eigenvalue weighted by atomic mass is 35.5. The Morgan fingerprint density at radius 2 is 1.93 bits per heavy atom. The van der Waals surface area contributed by atoms with E-state index in [9.17, 15) is 4.79 Å². The molecule has 1 aromatic heterocycles. The van der Waals surface area contributed by atoms with Crippen molar-refractivity contribution in [2.24, 2.45) is 0 Å². The van der Waals surface area contributed by atoms with Gasteiger partial charge in [-0.3, -0.25) is 4.79 Å². The zero-order chi connectivity index (χ0) is 19.6. The predicted molar refractivity (Wildman–Crippen MR) is 116 cm³/mol. The molecule has 0 aliphatic heterocycles. The normalized spacial score (nSPS) is 12.2. The molecular weight excluding hydrogens is 399 g/mol. The predicted octanol–water partition coefficient (Wildman–Crippen LogP) is 6.67. The average Bonchev–Trinajstić information content (AvgIpc) is 2.63. The lowest BCUT2D eigenvalue weighted by atomic mass is 10.1. The van der Waals surface area contributed by atoms with Crippen LogP contribution in [-0.4, -0.2) is 16.1 Å². The summed E-state index contributed by atoms with van der Waals surface area (Å²) in [5, 5.41) is 5.57. The monoisotopic (exact) mass is 418 g/mol. The average molecular weight is 419 g/mol. The summed E-state index contributed by atoms with van der Waals surface area (Å²) in [7, 11) is 0. The SMILES string of the molecule is CCC(Sc1cc(C)c2cccc(C)c2n1)C(=O)Nc1ccc(Cl)cc1Cl. The number of carbonyl (C=O) groups excluding carboxylic acids is 1. The molecule has 2 aromatic carbocycles. The number of nitrogens with one attached hydrogen (secondary N) is 1. The molecule has 0 bridgehead atoms. The number of para-hydroxylation sites is 1. The summed E-state index contributed by atoms with van der Waals surface area (Å²) < 4.78 is 0. The Morgan fingerprint density at radius 3 is 2.63 bits per heavy atom. The fourth-order valence-electron chi connectivity index (χ4n) is 2.86. The van der Waals surface area contributed by atoms with E-state index < -0.39 is 0 Å². The van der Waals surface area contributed by atoms with Crippen LogP contribution in [0.3, 0.4) is 0 Å². The lowest BCUT2D eigenvalue weighted by Gasteiger charge is -2.16. The van der Waals surface area contributed by atoms with Crippen LogP contribution < -0.4 is 5.32 Å². The minimum atomic E-state index is -0.273. The van der Waals surface area contributed by atoms with E-state index in [1.807, 2.05) is 19.1 Å². The molecule has 1 amide bonds. The number of aryl methyl sites for hydroxylation is 2. The van der Waals surface area contributed by atoms with Crippen molar-refractivity contribution < 1.29 is 4.79 Å². The Labute approximate surface area is 173 Å². The van der Waals surface area contributed by atoms with Crippen LogP contribution in [0.25, 0.3) is 10.9 Å². The molecule has 1 heterocycles. The number of fused-ring (bicyclic) bond motifs is 1. The van der Waals surface area contributed by atoms with Gasteiger partial charge in [-0.05, 0) is 55.7 Å². The molecule has 1 unspecified atom stereocenters. The number of anilines is 1. The Bertz CT molecular complexity index is 1010. The number of aromatic nitrogens is 1. The minimum absolute atomic E-state index is 0.101. The van der Waals surface area contributed by atoms with Gasteiger partial charge in [-0.15, -0.1) is 0 Å². The van der Waals surface area contributed by atoms with E-state index in [4.69, 9.17) is 28.2 Å². The molecule has 0 aliphatic rings. The van der Waals surface area contributed by atoms with Gasteiger partial charge in [0.2, 0.25) is 5.91 Å². The quantitative estimate of drug-likeness (QED) is 0.470. The topological polar surface area (TPSA) is 42.0 Å². The van der Waals surface area contributed by atoms with Crippen LogP contribution in [0.1, 0.15) is 24.5 Å². The third kappa shape index (κ3) is 4.57. The summed E-state index contributed by atoms with van der Waals surface area (Å²) in [6.07, 6.45) is 0.675. The second kappa shape index (κ2) is 8.51. The number of amides is 1. The highest BCUT2D eigenvalue weighted by Gasteiger charge is 2.20. The van der Waals surface area contributed by atoms with E-state index in [2.05, 4.69) is 31.3 Å². The zero-order valence-electron chi connectivity index (χ0n) is 15.3. The maximum atomic E-state index is 12.7. The van der Waals surface area contributed by atoms with Gasteiger partial charge >= 0.3 is 0 Å².